The van der Waals surface area contributed by atoms with Gasteiger partial charge in [0.05, 0.1) is 37.5 Å². The molecule has 4 rings (SSSR count). The Balaban J connectivity index is 1.83. The molecule has 31 heavy (non-hydrogen) atoms. The van der Waals surface area contributed by atoms with Gasteiger partial charge in [-0.05, 0) is 62.7 Å². The van der Waals surface area contributed by atoms with Gasteiger partial charge in [0.1, 0.15) is 11.5 Å². The molecule has 0 atom stereocenters. The third-order valence-corrected chi connectivity index (χ3v) is 5.57. The largest absolute Gasteiger partial charge is 0.494 e. The highest BCUT2D eigenvalue weighted by molar-refractivity contribution is 6.09. The summed E-state index contributed by atoms with van der Waals surface area (Å²) in [5, 5.41) is 0.913. The average Bonchev–Trinajstić information content (AvgIpc) is 3.09. The van der Waals surface area contributed by atoms with E-state index < -0.39 is 0 Å². The lowest BCUT2D eigenvalue weighted by atomic mass is 10.1. The minimum Gasteiger partial charge on any atom is -0.494 e. The summed E-state index contributed by atoms with van der Waals surface area (Å²) < 4.78 is 19.0. The molecule has 0 spiro atoms. The highest BCUT2D eigenvalue weighted by Crippen LogP contribution is 2.33. The zero-order chi connectivity index (χ0) is 21.8. The predicted octanol–water partition coefficient (Wildman–Crippen LogP) is 4.60. The van der Waals surface area contributed by atoms with Crippen molar-refractivity contribution >= 4 is 16.8 Å². The molecule has 6 nitrogen and oxygen atoms in total. The number of benzene rings is 2. The van der Waals surface area contributed by atoms with Crippen LogP contribution in [0.15, 0.2) is 42.5 Å². The number of carbonyl (C=O) groups is 1. The van der Waals surface area contributed by atoms with Crippen LogP contribution in [0.25, 0.3) is 16.6 Å². The molecule has 1 aliphatic heterocycles. The van der Waals surface area contributed by atoms with Gasteiger partial charge >= 0.3 is 0 Å². The molecule has 1 aromatic heterocycles. The van der Waals surface area contributed by atoms with E-state index in [9.17, 15) is 4.79 Å². The number of amides is 1. The van der Waals surface area contributed by atoms with Crippen LogP contribution in [-0.2, 0) is 4.74 Å². The van der Waals surface area contributed by atoms with Crippen LogP contribution in [0.5, 0.6) is 11.5 Å². The number of hydrogen-bond acceptors (Lipinski definition) is 4. The first-order valence-electron chi connectivity index (χ1n) is 11.0. The van der Waals surface area contributed by atoms with Crippen molar-refractivity contribution < 1.29 is 19.0 Å². The van der Waals surface area contributed by atoms with Crippen molar-refractivity contribution in [3.8, 4) is 17.2 Å². The van der Waals surface area contributed by atoms with Crippen molar-refractivity contribution in [3.63, 3.8) is 0 Å². The Kier molecular flexibility index (Phi) is 6.47. The molecule has 0 aliphatic carbocycles. The molecule has 2 heterocycles. The van der Waals surface area contributed by atoms with Crippen LogP contribution in [0.3, 0.4) is 0 Å². The molecule has 6 heteroatoms. The molecule has 0 bridgehead atoms. The van der Waals surface area contributed by atoms with Gasteiger partial charge in [-0.15, -0.1) is 0 Å². The van der Waals surface area contributed by atoms with Crippen LogP contribution < -0.4 is 9.47 Å². The maximum Gasteiger partial charge on any atom is 0.256 e. The topological polar surface area (TPSA) is 52.9 Å². The number of aromatic nitrogens is 1. The fourth-order valence-corrected chi connectivity index (χ4v) is 4.09. The molecular weight excluding hydrogens is 392 g/mol. The maximum absolute atomic E-state index is 13.5. The zero-order valence-corrected chi connectivity index (χ0v) is 18.5. The van der Waals surface area contributed by atoms with Gasteiger partial charge in [-0.25, -0.2) is 0 Å². The van der Waals surface area contributed by atoms with Gasteiger partial charge < -0.3 is 23.7 Å². The van der Waals surface area contributed by atoms with Crippen molar-refractivity contribution in [1.29, 1.82) is 0 Å². The lowest BCUT2D eigenvalue weighted by Crippen LogP contribution is -2.40. The molecule has 164 valence electrons. The summed E-state index contributed by atoms with van der Waals surface area (Å²) in [6, 6.07) is 14.0. The average molecular weight is 423 g/mol. The van der Waals surface area contributed by atoms with Gasteiger partial charge in [0, 0.05) is 29.9 Å². The minimum atomic E-state index is 0.0446. The molecule has 3 aromatic rings. The predicted molar refractivity (Wildman–Crippen MR) is 122 cm³/mol. The third-order valence-electron chi connectivity index (χ3n) is 5.57. The van der Waals surface area contributed by atoms with Gasteiger partial charge in [-0.2, -0.15) is 0 Å². The Labute approximate surface area is 183 Å². The Morgan fingerprint density at radius 1 is 1.00 bits per heavy atom. The SMILES string of the molecule is CCCOc1ccc2c(c1)c(C(=O)N1CCOCC1)c(C)n2-c1ccc(OCC)cc1. The van der Waals surface area contributed by atoms with E-state index in [2.05, 4.69) is 11.5 Å². The summed E-state index contributed by atoms with van der Waals surface area (Å²) in [7, 11) is 0. The van der Waals surface area contributed by atoms with Crippen molar-refractivity contribution in [3.05, 3.63) is 53.7 Å². The number of fused-ring (bicyclic) bond motifs is 1. The Morgan fingerprint density at radius 3 is 2.39 bits per heavy atom. The van der Waals surface area contributed by atoms with E-state index in [-0.39, 0.29) is 5.91 Å². The van der Waals surface area contributed by atoms with E-state index in [1.165, 1.54) is 0 Å². The van der Waals surface area contributed by atoms with Crippen molar-refractivity contribution in [2.45, 2.75) is 27.2 Å². The van der Waals surface area contributed by atoms with Gasteiger partial charge in [0.2, 0.25) is 0 Å². The van der Waals surface area contributed by atoms with Crippen molar-refractivity contribution in [1.82, 2.24) is 9.47 Å². The summed E-state index contributed by atoms with van der Waals surface area (Å²) in [5.74, 6) is 1.66. The summed E-state index contributed by atoms with van der Waals surface area (Å²) in [6.45, 7) is 9.72. The van der Waals surface area contributed by atoms with Crippen LogP contribution in [0.1, 0.15) is 36.3 Å². The number of rotatable bonds is 7. The molecule has 1 amide bonds. The molecule has 1 saturated heterocycles. The number of ether oxygens (including phenoxy) is 3. The zero-order valence-electron chi connectivity index (χ0n) is 18.5. The molecule has 0 unspecified atom stereocenters. The second kappa shape index (κ2) is 9.43. The van der Waals surface area contributed by atoms with Crippen LogP contribution in [0.2, 0.25) is 0 Å². The fraction of sp³-hybridized carbons (Fsp3) is 0.400. The molecule has 0 N–H and O–H groups in total. The van der Waals surface area contributed by atoms with Crippen LogP contribution in [0, 0.1) is 6.92 Å². The lowest BCUT2D eigenvalue weighted by molar-refractivity contribution is 0.0303. The Hall–Kier alpha value is -2.99. The Bertz CT molecular complexity index is 1050. The van der Waals surface area contributed by atoms with Gasteiger partial charge in [-0.3, -0.25) is 4.79 Å². The smallest absolute Gasteiger partial charge is 0.256 e. The quantitative estimate of drug-likeness (QED) is 0.558. The molecule has 0 radical (unpaired) electrons. The van der Waals surface area contributed by atoms with Crippen LogP contribution in [-0.4, -0.2) is 54.9 Å². The Morgan fingerprint density at radius 2 is 1.71 bits per heavy atom. The van der Waals surface area contributed by atoms with Crippen molar-refractivity contribution in [2.24, 2.45) is 0 Å². The molecular formula is C25H30N2O4. The van der Waals surface area contributed by atoms with Gasteiger partial charge in [0.25, 0.3) is 5.91 Å². The molecule has 2 aromatic carbocycles. The normalized spacial score (nSPS) is 14.1. The minimum absolute atomic E-state index is 0.0446. The van der Waals surface area contributed by atoms with E-state index in [1.54, 1.807) is 0 Å². The fourth-order valence-electron chi connectivity index (χ4n) is 4.09. The van der Waals surface area contributed by atoms with E-state index in [4.69, 9.17) is 14.2 Å². The number of nitrogens with zero attached hydrogens (tertiary/aromatic N) is 2. The van der Waals surface area contributed by atoms with E-state index in [0.29, 0.717) is 39.5 Å². The highest BCUT2D eigenvalue weighted by atomic mass is 16.5. The second-order valence-corrected chi connectivity index (χ2v) is 7.65. The number of morpholine rings is 1. The molecule has 1 fully saturated rings. The van der Waals surface area contributed by atoms with E-state index >= 15 is 0 Å². The van der Waals surface area contributed by atoms with Gasteiger partial charge in [0.15, 0.2) is 0 Å². The third kappa shape index (κ3) is 4.26. The first-order valence-corrected chi connectivity index (χ1v) is 11.0. The first-order chi connectivity index (χ1) is 15.1. The second-order valence-electron chi connectivity index (χ2n) is 7.65. The van der Waals surface area contributed by atoms with Crippen LogP contribution >= 0.6 is 0 Å². The summed E-state index contributed by atoms with van der Waals surface area (Å²) >= 11 is 0. The highest BCUT2D eigenvalue weighted by Gasteiger charge is 2.26. The lowest BCUT2D eigenvalue weighted by Gasteiger charge is -2.27. The maximum atomic E-state index is 13.5. The van der Waals surface area contributed by atoms with E-state index in [1.807, 2.05) is 61.2 Å². The van der Waals surface area contributed by atoms with Gasteiger partial charge in [-0.1, -0.05) is 6.92 Å². The monoisotopic (exact) mass is 422 g/mol. The summed E-state index contributed by atoms with van der Waals surface area (Å²) in [4.78, 5) is 15.4. The number of hydrogen-bond donors (Lipinski definition) is 0. The summed E-state index contributed by atoms with van der Waals surface area (Å²) in [5.41, 5.74) is 3.63. The summed E-state index contributed by atoms with van der Waals surface area (Å²) in [6.07, 6.45) is 0.934. The standard InChI is InChI=1S/C25H30N2O4/c1-4-14-31-21-10-11-23-22(17-21)24(25(28)26-12-15-29-16-13-26)18(3)27(23)19-6-8-20(9-7-19)30-5-2/h6-11,17H,4-5,12-16H2,1-3H3. The molecule has 1 aliphatic rings. The number of carbonyl (C=O) groups excluding carboxylic acids is 1. The first kappa shape index (κ1) is 21.2. The van der Waals surface area contributed by atoms with Crippen LogP contribution in [0.4, 0.5) is 0 Å². The molecule has 0 saturated carbocycles. The van der Waals surface area contributed by atoms with Crippen molar-refractivity contribution in [2.75, 3.05) is 39.5 Å². The van der Waals surface area contributed by atoms with E-state index in [0.717, 1.165) is 45.8 Å².